The number of nitrogens with one attached hydrogen (secondary N) is 2. The van der Waals surface area contributed by atoms with Gasteiger partial charge in [0, 0.05) is 21.4 Å². The number of hydrogen-bond donors (Lipinski definition) is 2. The summed E-state index contributed by atoms with van der Waals surface area (Å²) in [6.45, 7) is 14.8. The van der Waals surface area contributed by atoms with Gasteiger partial charge in [0.25, 0.3) is 0 Å². The maximum Gasteiger partial charge on any atom is 0.319 e. The number of anilines is 1. The molecule has 1 unspecified atom stereocenters. The molecule has 0 heterocycles. The van der Waals surface area contributed by atoms with Crippen LogP contribution in [0.4, 0.5) is 10.5 Å². The van der Waals surface area contributed by atoms with Crippen LogP contribution in [0, 0.1) is 12.8 Å². The smallest absolute Gasteiger partial charge is 0.319 e. The molecule has 0 fully saturated rings. The maximum absolute atomic E-state index is 12.0. The van der Waals surface area contributed by atoms with E-state index < -0.39 is 0 Å². The average molecular weight is 308 g/mol. The van der Waals surface area contributed by atoms with Crippen molar-refractivity contribution in [3.63, 3.8) is 0 Å². The summed E-state index contributed by atoms with van der Waals surface area (Å²) >= 11 is 1.83. The zero-order valence-electron chi connectivity index (χ0n) is 14.2. The molecular weight excluding hydrogens is 280 g/mol. The molecule has 1 atom stereocenters. The number of benzene rings is 1. The lowest BCUT2D eigenvalue weighted by Gasteiger charge is -2.20. The summed E-state index contributed by atoms with van der Waals surface area (Å²) in [6.07, 6.45) is 0. The molecule has 2 N–H and O–H groups in total. The largest absolute Gasteiger partial charge is 0.335 e. The van der Waals surface area contributed by atoms with Crippen molar-refractivity contribution in [3.05, 3.63) is 23.8 Å². The average Bonchev–Trinajstić information content (AvgIpc) is 2.30. The van der Waals surface area contributed by atoms with E-state index in [1.165, 1.54) is 4.90 Å². The first kappa shape index (κ1) is 17.9. The number of urea groups is 1. The van der Waals surface area contributed by atoms with Crippen molar-refractivity contribution in [2.24, 2.45) is 5.92 Å². The summed E-state index contributed by atoms with van der Waals surface area (Å²) < 4.78 is 0.186. The molecule has 0 aliphatic heterocycles. The molecule has 0 saturated carbocycles. The van der Waals surface area contributed by atoms with Crippen LogP contribution in [0.25, 0.3) is 0 Å². The Morgan fingerprint density at radius 3 is 2.29 bits per heavy atom. The predicted octanol–water partition coefficient (Wildman–Crippen LogP) is 5.05. The highest BCUT2D eigenvalue weighted by Crippen LogP contribution is 2.33. The van der Waals surface area contributed by atoms with Gasteiger partial charge in [0.1, 0.15) is 0 Å². The lowest BCUT2D eigenvalue weighted by molar-refractivity contribution is 0.246. The SMILES string of the molecule is Cc1cc(SC(C)(C)C)ccc1NC(=O)NC(C)C(C)C. The molecule has 0 bridgehead atoms. The Labute approximate surface area is 133 Å². The molecule has 0 radical (unpaired) electrons. The minimum atomic E-state index is -0.143. The zero-order valence-corrected chi connectivity index (χ0v) is 15.0. The van der Waals surface area contributed by atoms with Crippen molar-refractivity contribution in [2.45, 2.75) is 64.2 Å². The Morgan fingerprint density at radius 2 is 1.81 bits per heavy atom. The first-order chi connectivity index (χ1) is 9.58. The Bertz CT molecular complexity index is 492. The van der Waals surface area contributed by atoms with Crippen molar-refractivity contribution in [2.75, 3.05) is 5.32 Å². The summed E-state index contributed by atoms with van der Waals surface area (Å²) in [7, 11) is 0. The summed E-state index contributed by atoms with van der Waals surface area (Å²) in [5.74, 6) is 0.419. The van der Waals surface area contributed by atoms with E-state index in [9.17, 15) is 4.79 Å². The summed E-state index contributed by atoms with van der Waals surface area (Å²) in [6, 6.07) is 6.17. The van der Waals surface area contributed by atoms with Crippen molar-refractivity contribution < 1.29 is 4.79 Å². The third-order valence-corrected chi connectivity index (χ3v) is 4.33. The van der Waals surface area contributed by atoms with Gasteiger partial charge in [-0.3, -0.25) is 0 Å². The maximum atomic E-state index is 12.0. The second-order valence-electron chi connectivity index (χ2n) is 6.82. The molecule has 2 amide bonds. The van der Waals surface area contributed by atoms with Gasteiger partial charge in [-0.25, -0.2) is 4.79 Å². The van der Waals surface area contributed by atoms with Crippen LogP contribution >= 0.6 is 11.8 Å². The Kier molecular flexibility index (Phi) is 6.14. The molecule has 1 aromatic rings. The second kappa shape index (κ2) is 7.21. The van der Waals surface area contributed by atoms with Crippen LogP contribution in [-0.2, 0) is 0 Å². The van der Waals surface area contributed by atoms with E-state index in [4.69, 9.17) is 0 Å². The molecular formula is C17H28N2OS. The van der Waals surface area contributed by atoms with Crippen molar-refractivity contribution in [1.29, 1.82) is 0 Å². The molecule has 4 heteroatoms. The minimum Gasteiger partial charge on any atom is -0.335 e. The first-order valence-electron chi connectivity index (χ1n) is 7.45. The third-order valence-electron chi connectivity index (χ3n) is 3.23. The lowest BCUT2D eigenvalue weighted by atomic mass is 10.1. The fourth-order valence-electron chi connectivity index (χ4n) is 1.73. The van der Waals surface area contributed by atoms with Crippen molar-refractivity contribution in [3.8, 4) is 0 Å². The van der Waals surface area contributed by atoms with Crippen LogP contribution in [0.5, 0.6) is 0 Å². The highest BCUT2D eigenvalue weighted by Gasteiger charge is 2.14. The second-order valence-corrected chi connectivity index (χ2v) is 8.72. The van der Waals surface area contributed by atoms with Gasteiger partial charge in [0.15, 0.2) is 0 Å². The van der Waals surface area contributed by atoms with E-state index >= 15 is 0 Å². The standard InChI is InChI=1S/C17H28N2OS/c1-11(2)13(4)18-16(20)19-15-9-8-14(10-12(15)3)21-17(5,6)7/h8-11,13H,1-7H3,(H2,18,19,20). The van der Waals surface area contributed by atoms with Gasteiger partial charge in [-0.1, -0.05) is 34.6 Å². The van der Waals surface area contributed by atoms with Gasteiger partial charge in [0.05, 0.1) is 0 Å². The predicted molar refractivity (Wildman–Crippen MR) is 93.2 cm³/mol. The molecule has 118 valence electrons. The summed E-state index contributed by atoms with van der Waals surface area (Å²) in [5, 5.41) is 5.88. The molecule has 0 aromatic heterocycles. The van der Waals surface area contributed by atoms with Crippen LogP contribution in [0.15, 0.2) is 23.1 Å². The molecule has 3 nitrogen and oxygen atoms in total. The number of aryl methyl sites for hydroxylation is 1. The summed E-state index contributed by atoms with van der Waals surface area (Å²) in [4.78, 5) is 13.2. The highest BCUT2D eigenvalue weighted by molar-refractivity contribution is 8.00. The van der Waals surface area contributed by atoms with Gasteiger partial charge < -0.3 is 10.6 Å². The van der Waals surface area contributed by atoms with Crippen LogP contribution in [0.2, 0.25) is 0 Å². The van der Waals surface area contributed by atoms with Crippen molar-refractivity contribution in [1.82, 2.24) is 5.32 Å². The normalized spacial score (nSPS) is 13.1. The lowest BCUT2D eigenvalue weighted by Crippen LogP contribution is -2.39. The monoisotopic (exact) mass is 308 g/mol. The van der Waals surface area contributed by atoms with E-state index in [2.05, 4.69) is 57.4 Å². The van der Waals surface area contributed by atoms with Crippen LogP contribution in [0.1, 0.15) is 47.1 Å². The molecule has 1 aromatic carbocycles. The molecule has 0 aliphatic rings. The number of amides is 2. The van der Waals surface area contributed by atoms with E-state index in [1.807, 2.05) is 31.7 Å². The fourth-order valence-corrected chi connectivity index (χ4v) is 2.80. The van der Waals surface area contributed by atoms with Crippen LogP contribution < -0.4 is 10.6 Å². The Morgan fingerprint density at radius 1 is 1.19 bits per heavy atom. The van der Waals surface area contributed by atoms with Gasteiger partial charge in [0.2, 0.25) is 0 Å². The number of hydrogen-bond acceptors (Lipinski definition) is 2. The number of carbonyl (C=O) groups is 1. The quantitative estimate of drug-likeness (QED) is 0.764. The van der Waals surface area contributed by atoms with Gasteiger partial charge in [-0.15, -0.1) is 11.8 Å². The minimum absolute atomic E-state index is 0.143. The summed E-state index contributed by atoms with van der Waals surface area (Å²) in [5.41, 5.74) is 1.94. The molecule has 0 saturated heterocycles. The number of carbonyl (C=O) groups excluding carboxylic acids is 1. The molecule has 1 rings (SSSR count). The van der Waals surface area contributed by atoms with Gasteiger partial charge >= 0.3 is 6.03 Å². The van der Waals surface area contributed by atoms with E-state index in [-0.39, 0.29) is 16.8 Å². The Balaban J connectivity index is 2.71. The Hall–Kier alpha value is -1.16. The van der Waals surface area contributed by atoms with Gasteiger partial charge in [-0.2, -0.15) is 0 Å². The zero-order chi connectivity index (χ0) is 16.2. The van der Waals surface area contributed by atoms with E-state index in [0.29, 0.717) is 5.92 Å². The fraction of sp³-hybridized carbons (Fsp3) is 0.588. The number of thioether (sulfide) groups is 1. The first-order valence-corrected chi connectivity index (χ1v) is 8.27. The van der Waals surface area contributed by atoms with Crippen molar-refractivity contribution >= 4 is 23.5 Å². The number of rotatable bonds is 4. The molecule has 0 aliphatic carbocycles. The van der Waals surface area contributed by atoms with E-state index in [0.717, 1.165) is 11.3 Å². The van der Waals surface area contributed by atoms with Crippen LogP contribution in [-0.4, -0.2) is 16.8 Å². The van der Waals surface area contributed by atoms with E-state index in [1.54, 1.807) is 0 Å². The third kappa shape index (κ3) is 6.42. The highest BCUT2D eigenvalue weighted by atomic mass is 32.2. The molecule has 21 heavy (non-hydrogen) atoms. The topological polar surface area (TPSA) is 41.1 Å². The van der Waals surface area contributed by atoms with Crippen LogP contribution in [0.3, 0.4) is 0 Å². The van der Waals surface area contributed by atoms with Gasteiger partial charge in [-0.05, 0) is 43.5 Å². The molecule has 0 spiro atoms.